The Bertz CT molecular complexity index is 1690. The molecule has 2 aliphatic rings. The van der Waals surface area contributed by atoms with Gasteiger partial charge < -0.3 is 30.2 Å². The highest BCUT2D eigenvalue weighted by atomic mass is 16.5. The van der Waals surface area contributed by atoms with E-state index >= 15 is 0 Å². The minimum Gasteiger partial charge on any atom is -0.488 e. The van der Waals surface area contributed by atoms with E-state index < -0.39 is 0 Å². The Morgan fingerprint density at radius 1 is 0.980 bits per heavy atom. The lowest BCUT2D eigenvalue weighted by atomic mass is 9.85. The largest absolute Gasteiger partial charge is 0.488 e. The van der Waals surface area contributed by atoms with Gasteiger partial charge in [0.2, 0.25) is 5.96 Å². The van der Waals surface area contributed by atoms with Crippen molar-refractivity contribution in [1.82, 2.24) is 14.8 Å². The summed E-state index contributed by atoms with van der Waals surface area (Å²) in [6.07, 6.45) is 6.66. The number of likely N-dealkylation sites (tertiary alicyclic amines) is 1. The fourth-order valence-electron chi connectivity index (χ4n) is 6.14. The lowest BCUT2D eigenvalue weighted by Gasteiger charge is -2.33. The number of aliphatic hydroxyl groups is 1. The van der Waals surface area contributed by atoms with Crippen LogP contribution < -0.4 is 25.6 Å². The quantitative estimate of drug-likeness (QED) is 0.102. The van der Waals surface area contributed by atoms with Gasteiger partial charge in [0.15, 0.2) is 0 Å². The molecule has 0 spiro atoms. The second kappa shape index (κ2) is 16.3. The number of fused-ring (bicyclic) bond motifs is 1. The average Bonchev–Trinajstić information content (AvgIpc) is 3.09. The normalized spacial score (nSPS) is 18.7. The van der Waals surface area contributed by atoms with Gasteiger partial charge in [-0.3, -0.25) is 25.7 Å². The molecule has 6 N–H and O–H groups in total. The van der Waals surface area contributed by atoms with E-state index in [0.29, 0.717) is 42.1 Å². The number of anilines is 1. The lowest BCUT2D eigenvalue weighted by Crippen LogP contribution is -2.42. The number of hydrogen-bond acceptors (Lipinski definition) is 8. The number of aliphatic hydroxyl groups excluding tert-OH is 1. The molecule has 1 aliphatic heterocycles. The second-order valence-corrected chi connectivity index (χ2v) is 14.0. The van der Waals surface area contributed by atoms with Crippen LogP contribution in [0.3, 0.4) is 0 Å². The van der Waals surface area contributed by atoms with Crippen LogP contribution in [0.4, 0.5) is 5.69 Å². The molecule has 0 radical (unpaired) electrons. The molecular formula is C38H52N8O3. The molecule has 0 saturated carbocycles. The standard InChI is InChI=1S/C38H52N8O3/c1-26(24-47)48-28-12-10-11-27(21-28)44-36(22-34(39)38(2,3)4)43-25-42-32-16-17-33(31-14-7-6-13-30(31)32)49-29-15-18-35(40)46(23-29)37(41)45-19-8-5-9-20-45/h6-7,10-15,18,21,23,26,32-33,39-42,47H,5,8-9,16-17,19-20,22,24-25H2,1-4H3,(H,43,44). The maximum atomic E-state index is 9.40. The average molecular weight is 669 g/mol. The number of nitrogens with zero attached hydrogens (tertiary/aromatic N) is 3. The molecule has 11 nitrogen and oxygen atoms in total. The summed E-state index contributed by atoms with van der Waals surface area (Å²) in [5.74, 6) is 2.31. The summed E-state index contributed by atoms with van der Waals surface area (Å²) in [7, 11) is 0. The molecule has 0 bridgehead atoms. The van der Waals surface area contributed by atoms with E-state index in [4.69, 9.17) is 30.7 Å². The van der Waals surface area contributed by atoms with Crippen LogP contribution in [0.2, 0.25) is 0 Å². The third-order valence-electron chi connectivity index (χ3n) is 9.09. The zero-order valence-electron chi connectivity index (χ0n) is 29.3. The van der Waals surface area contributed by atoms with Crippen molar-refractivity contribution in [1.29, 1.82) is 16.2 Å². The van der Waals surface area contributed by atoms with Crippen molar-refractivity contribution in [2.24, 2.45) is 10.4 Å². The van der Waals surface area contributed by atoms with Crippen LogP contribution in [-0.2, 0) is 0 Å². The smallest absolute Gasteiger partial charge is 0.203 e. The maximum absolute atomic E-state index is 9.40. The van der Waals surface area contributed by atoms with Crippen LogP contribution in [0.15, 0.2) is 71.9 Å². The van der Waals surface area contributed by atoms with Crippen LogP contribution >= 0.6 is 0 Å². The van der Waals surface area contributed by atoms with Gasteiger partial charge in [-0.15, -0.1) is 0 Å². The summed E-state index contributed by atoms with van der Waals surface area (Å²) in [5, 5.41) is 42.3. The van der Waals surface area contributed by atoms with Crippen LogP contribution in [0, 0.1) is 21.6 Å². The van der Waals surface area contributed by atoms with Crippen LogP contribution in [0.1, 0.15) is 89.5 Å². The van der Waals surface area contributed by atoms with E-state index in [1.54, 1.807) is 16.8 Å². The van der Waals surface area contributed by atoms with E-state index in [1.807, 2.05) is 75.1 Å². The molecule has 0 amide bonds. The molecule has 11 heteroatoms. The second-order valence-electron chi connectivity index (χ2n) is 14.0. The molecule has 49 heavy (non-hydrogen) atoms. The first-order valence-electron chi connectivity index (χ1n) is 17.4. The van der Waals surface area contributed by atoms with Gasteiger partial charge in [-0.05, 0) is 79.8 Å². The van der Waals surface area contributed by atoms with Crippen molar-refractivity contribution in [2.75, 3.05) is 31.7 Å². The fourth-order valence-corrected chi connectivity index (χ4v) is 6.14. The topological polar surface area (TPSA) is 155 Å². The molecule has 262 valence electrons. The minimum atomic E-state index is -0.316. The van der Waals surface area contributed by atoms with Gasteiger partial charge in [-0.25, -0.2) is 0 Å². The highest BCUT2D eigenvalue weighted by Gasteiger charge is 2.28. The summed E-state index contributed by atoms with van der Waals surface area (Å²) in [4.78, 5) is 6.94. The molecule has 1 aromatic heterocycles. The molecule has 1 aliphatic carbocycles. The molecule has 2 aromatic carbocycles. The summed E-state index contributed by atoms with van der Waals surface area (Å²) < 4.78 is 14.0. The maximum Gasteiger partial charge on any atom is 0.203 e. The van der Waals surface area contributed by atoms with Gasteiger partial charge in [-0.1, -0.05) is 51.1 Å². The predicted octanol–water partition coefficient (Wildman–Crippen LogP) is 6.46. The SMILES string of the molecule is CC(CO)Oc1cccc(NC(CC(=N)C(C)(C)C)=NCNC2CCC(Oc3ccc(=N)n(C(=N)N4CCCCC4)c3)c3ccccc32)c1. The molecule has 2 heterocycles. The van der Waals surface area contributed by atoms with E-state index in [9.17, 15) is 5.11 Å². The highest BCUT2D eigenvalue weighted by Crippen LogP contribution is 2.38. The number of aromatic nitrogens is 1. The van der Waals surface area contributed by atoms with Crippen molar-refractivity contribution >= 4 is 23.2 Å². The number of piperidine rings is 1. The zero-order chi connectivity index (χ0) is 35.0. The van der Waals surface area contributed by atoms with Crippen LogP contribution in [0.25, 0.3) is 0 Å². The summed E-state index contributed by atoms with van der Waals surface area (Å²) in [5.41, 5.74) is 3.64. The molecular weight excluding hydrogens is 616 g/mol. The van der Waals surface area contributed by atoms with Crippen molar-refractivity contribution in [3.63, 3.8) is 0 Å². The number of amidine groups is 1. The van der Waals surface area contributed by atoms with E-state index in [0.717, 1.165) is 50.0 Å². The van der Waals surface area contributed by atoms with E-state index in [1.165, 1.54) is 12.0 Å². The Labute approximate surface area is 289 Å². The van der Waals surface area contributed by atoms with Crippen molar-refractivity contribution in [2.45, 2.75) is 84.5 Å². The first-order chi connectivity index (χ1) is 23.5. The number of hydrogen-bond donors (Lipinski definition) is 6. The van der Waals surface area contributed by atoms with Crippen molar-refractivity contribution < 1.29 is 14.6 Å². The number of nitrogens with one attached hydrogen (secondary N) is 5. The highest BCUT2D eigenvalue weighted by molar-refractivity contribution is 6.09. The number of ether oxygens (including phenoxy) is 2. The summed E-state index contributed by atoms with van der Waals surface area (Å²) >= 11 is 0. The summed E-state index contributed by atoms with van der Waals surface area (Å²) in [6, 6.07) is 19.5. The molecule has 1 saturated heterocycles. The summed E-state index contributed by atoms with van der Waals surface area (Å²) in [6.45, 7) is 9.90. The number of benzene rings is 2. The first kappa shape index (κ1) is 35.8. The number of pyridine rings is 1. The van der Waals surface area contributed by atoms with Crippen molar-refractivity contribution in [3.05, 3.63) is 83.5 Å². The van der Waals surface area contributed by atoms with Crippen molar-refractivity contribution in [3.8, 4) is 11.5 Å². The Hall–Kier alpha value is -4.48. The molecule has 3 atom stereocenters. The third kappa shape index (κ3) is 9.57. The Kier molecular flexibility index (Phi) is 11.9. The molecule has 5 rings (SSSR count). The lowest BCUT2D eigenvalue weighted by molar-refractivity contribution is 0.130. The number of rotatable bonds is 11. The van der Waals surface area contributed by atoms with E-state index in [2.05, 4.69) is 22.8 Å². The Morgan fingerprint density at radius 3 is 2.47 bits per heavy atom. The Morgan fingerprint density at radius 2 is 1.73 bits per heavy atom. The Balaban J connectivity index is 1.28. The van der Waals surface area contributed by atoms with Gasteiger partial charge in [0.05, 0.1) is 19.5 Å². The predicted molar refractivity (Wildman–Crippen MR) is 195 cm³/mol. The van der Waals surface area contributed by atoms with Gasteiger partial charge >= 0.3 is 0 Å². The molecule has 3 aromatic rings. The van der Waals surface area contributed by atoms with Gasteiger partial charge in [0.25, 0.3) is 0 Å². The van der Waals surface area contributed by atoms with Crippen LogP contribution in [-0.4, -0.2) is 64.5 Å². The van der Waals surface area contributed by atoms with E-state index in [-0.39, 0.29) is 35.8 Å². The third-order valence-corrected chi connectivity index (χ3v) is 9.09. The van der Waals surface area contributed by atoms with Gasteiger partial charge in [0, 0.05) is 43.0 Å². The first-order valence-corrected chi connectivity index (χ1v) is 17.4. The van der Waals surface area contributed by atoms with Gasteiger partial charge in [-0.2, -0.15) is 0 Å². The minimum absolute atomic E-state index is 0.0700. The van der Waals surface area contributed by atoms with Gasteiger partial charge in [0.1, 0.15) is 35.0 Å². The monoisotopic (exact) mass is 668 g/mol. The number of aliphatic imine (C=N–C) groups is 1. The molecule has 3 unspecified atom stereocenters. The zero-order valence-corrected chi connectivity index (χ0v) is 29.3. The molecule has 1 fully saturated rings. The fraction of sp³-hybridized carbons (Fsp3) is 0.474. The van der Waals surface area contributed by atoms with Crippen LogP contribution in [0.5, 0.6) is 11.5 Å².